The maximum Gasteiger partial charge on any atom is 0.220 e. The van der Waals surface area contributed by atoms with Crippen molar-refractivity contribution in [3.63, 3.8) is 0 Å². The molecule has 0 spiro atoms. The molecular weight excluding hydrogens is 192 g/mol. The minimum Gasteiger partial charge on any atom is -0.493 e. The van der Waals surface area contributed by atoms with Gasteiger partial charge in [0.15, 0.2) is 0 Å². The highest BCUT2D eigenvalue weighted by Crippen LogP contribution is 2.23. The number of hydrogen-bond donors (Lipinski definition) is 2. The largest absolute Gasteiger partial charge is 0.493 e. The monoisotopic (exact) mass is 208 g/mol. The predicted octanol–water partition coefficient (Wildman–Crippen LogP) is 0.961. The average molecular weight is 208 g/mol. The van der Waals surface area contributed by atoms with E-state index in [9.17, 15) is 4.79 Å². The highest BCUT2D eigenvalue weighted by atomic mass is 16.5. The van der Waals surface area contributed by atoms with Crippen LogP contribution in [0.4, 0.5) is 0 Å². The Morgan fingerprint density at radius 2 is 2.13 bits per heavy atom. The molecule has 0 aliphatic carbocycles. The van der Waals surface area contributed by atoms with Crippen molar-refractivity contribution in [3.8, 4) is 5.75 Å². The van der Waals surface area contributed by atoms with Gasteiger partial charge in [-0.05, 0) is 13.0 Å². The van der Waals surface area contributed by atoms with Crippen molar-refractivity contribution in [3.05, 3.63) is 29.8 Å². The van der Waals surface area contributed by atoms with Gasteiger partial charge < -0.3 is 16.2 Å². The number of ether oxygens (including phenoxy) is 1. The van der Waals surface area contributed by atoms with E-state index in [4.69, 9.17) is 16.2 Å². The van der Waals surface area contributed by atoms with E-state index in [-0.39, 0.29) is 18.4 Å². The van der Waals surface area contributed by atoms with Gasteiger partial charge in [0.1, 0.15) is 5.75 Å². The Labute approximate surface area is 89.2 Å². The summed E-state index contributed by atoms with van der Waals surface area (Å²) in [6, 6.07) is 7.42. The van der Waals surface area contributed by atoms with Gasteiger partial charge in [-0.25, -0.2) is 0 Å². The van der Waals surface area contributed by atoms with E-state index in [0.717, 1.165) is 5.56 Å². The second kappa shape index (κ2) is 5.36. The van der Waals surface area contributed by atoms with E-state index in [0.29, 0.717) is 12.4 Å². The van der Waals surface area contributed by atoms with Crippen LogP contribution in [0.1, 0.15) is 24.9 Å². The maximum atomic E-state index is 10.5. The summed E-state index contributed by atoms with van der Waals surface area (Å²) < 4.78 is 5.43. The Kier molecular flexibility index (Phi) is 4.12. The Morgan fingerprint density at radius 3 is 2.73 bits per heavy atom. The molecule has 0 saturated heterocycles. The molecule has 0 unspecified atom stereocenters. The Morgan fingerprint density at radius 1 is 1.47 bits per heavy atom. The number of benzene rings is 1. The van der Waals surface area contributed by atoms with Crippen molar-refractivity contribution in [1.82, 2.24) is 0 Å². The summed E-state index contributed by atoms with van der Waals surface area (Å²) >= 11 is 0. The van der Waals surface area contributed by atoms with Crippen LogP contribution < -0.4 is 16.2 Å². The van der Waals surface area contributed by atoms with Gasteiger partial charge in [-0.3, -0.25) is 4.79 Å². The lowest BCUT2D eigenvalue weighted by atomic mass is 10.1. The van der Waals surface area contributed by atoms with Crippen molar-refractivity contribution in [2.45, 2.75) is 19.4 Å². The van der Waals surface area contributed by atoms with Gasteiger partial charge >= 0.3 is 0 Å². The summed E-state index contributed by atoms with van der Waals surface area (Å²) in [5.41, 5.74) is 11.7. The molecule has 1 atom stereocenters. The van der Waals surface area contributed by atoms with Crippen LogP contribution in [0.3, 0.4) is 0 Å². The SMILES string of the molecule is C[C@@H](N)c1ccccc1OCCC(N)=O. The number of carbonyl (C=O) groups excluding carboxylic acids is 1. The van der Waals surface area contributed by atoms with Gasteiger partial charge in [-0.2, -0.15) is 0 Å². The second-order valence-electron chi connectivity index (χ2n) is 3.39. The third kappa shape index (κ3) is 3.59. The van der Waals surface area contributed by atoms with E-state index in [1.807, 2.05) is 31.2 Å². The molecule has 0 saturated carbocycles. The minimum absolute atomic E-state index is 0.0882. The number of carbonyl (C=O) groups is 1. The van der Waals surface area contributed by atoms with E-state index in [2.05, 4.69) is 0 Å². The maximum absolute atomic E-state index is 10.5. The molecule has 0 heterocycles. The van der Waals surface area contributed by atoms with Gasteiger partial charge in [-0.15, -0.1) is 0 Å². The van der Waals surface area contributed by atoms with Crippen molar-refractivity contribution in [2.24, 2.45) is 11.5 Å². The second-order valence-corrected chi connectivity index (χ2v) is 3.39. The number of amides is 1. The first kappa shape index (κ1) is 11.5. The molecule has 1 amide bonds. The number of nitrogens with two attached hydrogens (primary N) is 2. The minimum atomic E-state index is -0.367. The quantitative estimate of drug-likeness (QED) is 0.756. The molecule has 1 aromatic carbocycles. The third-order valence-corrected chi connectivity index (χ3v) is 2.02. The smallest absolute Gasteiger partial charge is 0.220 e. The molecule has 0 aliphatic rings. The first-order valence-electron chi connectivity index (χ1n) is 4.87. The van der Waals surface area contributed by atoms with Crippen LogP contribution in [0.2, 0.25) is 0 Å². The first-order chi connectivity index (χ1) is 7.11. The molecule has 4 N–H and O–H groups in total. The first-order valence-corrected chi connectivity index (χ1v) is 4.87. The van der Waals surface area contributed by atoms with Crippen molar-refractivity contribution in [1.29, 1.82) is 0 Å². The summed E-state index contributed by atoms with van der Waals surface area (Å²) in [6.07, 6.45) is 0.216. The number of para-hydroxylation sites is 1. The molecule has 0 aromatic heterocycles. The van der Waals surface area contributed by atoms with Crippen LogP contribution in [-0.4, -0.2) is 12.5 Å². The van der Waals surface area contributed by atoms with Gasteiger partial charge in [-0.1, -0.05) is 18.2 Å². The van der Waals surface area contributed by atoms with Gasteiger partial charge in [0.05, 0.1) is 13.0 Å². The third-order valence-electron chi connectivity index (χ3n) is 2.02. The lowest BCUT2D eigenvalue weighted by Crippen LogP contribution is -2.15. The van der Waals surface area contributed by atoms with Crippen LogP contribution in [-0.2, 0) is 4.79 Å². The highest BCUT2D eigenvalue weighted by molar-refractivity contribution is 5.73. The fraction of sp³-hybridized carbons (Fsp3) is 0.364. The Bertz CT molecular complexity index is 337. The summed E-state index contributed by atoms with van der Waals surface area (Å²) in [7, 11) is 0. The topological polar surface area (TPSA) is 78.3 Å². The van der Waals surface area contributed by atoms with Crippen LogP contribution in [0, 0.1) is 0 Å². The van der Waals surface area contributed by atoms with E-state index in [1.165, 1.54) is 0 Å². The highest BCUT2D eigenvalue weighted by Gasteiger charge is 2.06. The number of primary amides is 1. The molecule has 0 aliphatic heterocycles. The standard InChI is InChI=1S/C11H16N2O2/c1-8(12)9-4-2-3-5-10(9)15-7-6-11(13)14/h2-5,8H,6-7,12H2,1H3,(H2,13,14)/t8-/m1/s1. The molecule has 0 bridgehead atoms. The number of rotatable bonds is 5. The zero-order valence-electron chi connectivity index (χ0n) is 8.77. The van der Waals surface area contributed by atoms with Gasteiger partial charge in [0, 0.05) is 11.6 Å². The van der Waals surface area contributed by atoms with E-state index >= 15 is 0 Å². The summed E-state index contributed by atoms with van der Waals surface area (Å²) in [6.45, 7) is 2.18. The van der Waals surface area contributed by atoms with Crippen LogP contribution in [0.5, 0.6) is 5.75 Å². The van der Waals surface area contributed by atoms with Crippen molar-refractivity contribution >= 4 is 5.91 Å². The predicted molar refractivity (Wildman–Crippen MR) is 58.4 cm³/mol. The van der Waals surface area contributed by atoms with Crippen molar-refractivity contribution in [2.75, 3.05) is 6.61 Å². The molecule has 1 aromatic rings. The molecule has 4 nitrogen and oxygen atoms in total. The molecule has 1 rings (SSSR count). The summed E-state index contributed by atoms with van der Waals surface area (Å²) in [4.78, 5) is 10.5. The lowest BCUT2D eigenvalue weighted by Gasteiger charge is -2.12. The average Bonchev–Trinajstić information content (AvgIpc) is 2.17. The van der Waals surface area contributed by atoms with Crippen LogP contribution >= 0.6 is 0 Å². The van der Waals surface area contributed by atoms with Crippen LogP contribution in [0.25, 0.3) is 0 Å². The zero-order chi connectivity index (χ0) is 11.3. The Balaban J connectivity index is 2.63. The molecule has 0 fully saturated rings. The van der Waals surface area contributed by atoms with E-state index in [1.54, 1.807) is 0 Å². The number of hydrogen-bond acceptors (Lipinski definition) is 3. The molecule has 15 heavy (non-hydrogen) atoms. The molecule has 82 valence electrons. The van der Waals surface area contributed by atoms with Gasteiger partial charge in [0.2, 0.25) is 5.91 Å². The summed E-state index contributed by atoms with van der Waals surface area (Å²) in [5.74, 6) is 0.349. The van der Waals surface area contributed by atoms with E-state index < -0.39 is 0 Å². The summed E-state index contributed by atoms with van der Waals surface area (Å²) in [5, 5.41) is 0. The van der Waals surface area contributed by atoms with Crippen molar-refractivity contribution < 1.29 is 9.53 Å². The molecular formula is C11H16N2O2. The fourth-order valence-corrected chi connectivity index (χ4v) is 1.25. The van der Waals surface area contributed by atoms with Gasteiger partial charge in [0.25, 0.3) is 0 Å². The lowest BCUT2D eigenvalue weighted by molar-refractivity contribution is -0.118. The fourth-order valence-electron chi connectivity index (χ4n) is 1.25. The van der Waals surface area contributed by atoms with Crippen LogP contribution in [0.15, 0.2) is 24.3 Å². The zero-order valence-corrected chi connectivity index (χ0v) is 8.77. The molecule has 4 heteroatoms. The Hall–Kier alpha value is -1.55. The molecule has 0 radical (unpaired) electrons. The normalized spacial score (nSPS) is 12.1.